The molecule has 0 aliphatic rings. The third kappa shape index (κ3) is 4.53. The standard InChI is InChI=1S/C20H23NO5/c1-4-18(24)21-17-10-13(11-22)9-16(19(17)25)20(2,3)12-26-15-7-5-14(23)6-8-15/h5-11,23,25H,4,12H2,1-3H3,(H,21,24). The highest BCUT2D eigenvalue weighted by Gasteiger charge is 2.27. The van der Waals surface area contributed by atoms with E-state index < -0.39 is 5.41 Å². The van der Waals surface area contributed by atoms with Gasteiger partial charge in [-0.2, -0.15) is 0 Å². The second kappa shape index (κ2) is 7.91. The number of nitrogens with one attached hydrogen (secondary N) is 1. The fraction of sp³-hybridized carbons (Fsp3) is 0.300. The van der Waals surface area contributed by atoms with Crippen LogP contribution in [0.15, 0.2) is 36.4 Å². The Balaban J connectivity index is 2.31. The number of rotatable bonds is 7. The SMILES string of the molecule is CCC(=O)Nc1cc(C=O)cc(C(C)(C)COc2ccc(O)cc2)c1O. The van der Waals surface area contributed by atoms with E-state index >= 15 is 0 Å². The van der Waals surface area contributed by atoms with Crippen LogP contribution in [0.25, 0.3) is 0 Å². The van der Waals surface area contributed by atoms with Crippen LogP contribution in [0.5, 0.6) is 17.2 Å². The number of carbonyl (C=O) groups is 2. The number of anilines is 1. The van der Waals surface area contributed by atoms with Gasteiger partial charge in [0.2, 0.25) is 5.91 Å². The molecule has 0 aliphatic carbocycles. The minimum absolute atomic E-state index is 0.0864. The molecule has 0 bridgehead atoms. The maximum atomic E-state index is 11.7. The predicted molar refractivity (Wildman–Crippen MR) is 99.0 cm³/mol. The number of ether oxygens (including phenoxy) is 1. The summed E-state index contributed by atoms with van der Waals surface area (Å²) in [7, 11) is 0. The fourth-order valence-corrected chi connectivity index (χ4v) is 2.46. The lowest BCUT2D eigenvalue weighted by molar-refractivity contribution is -0.115. The van der Waals surface area contributed by atoms with E-state index in [1.54, 1.807) is 25.1 Å². The highest BCUT2D eigenvalue weighted by Crippen LogP contribution is 2.38. The van der Waals surface area contributed by atoms with Gasteiger partial charge < -0.3 is 20.3 Å². The van der Waals surface area contributed by atoms with Gasteiger partial charge in [-0.25, -0.2) is 0 Å². The predicted octanol–water partition coefficient (Wildman–Crippen LogP) is 3.62. The van der Waals surface area contributed by atoms with Crippen LogP contribution >= 0.6 is 0 Å². The summed E-state index contributed by atoms with van der Waals surface area (Å²) >= 11 is 0. The molecule has 0 heterocycles. The first-order valence-corrected chi connectivity index (χ1v) is 8.31. The summed E-state index contributed by atoms with van der Waals surface area (Å²) < 4.78 is 5.75. The van der Waals surface area contributed by atoms with Crippen molar-refractivity contribution in [1.29, 1.82) is 0 Å². The van der Waals surface area contributed by atoms with Gasteiger partial charge in [-0.3, -0.25) is 9.59 Å². The normalized spacial score (nSPS) is 11.0. The van der Waals surface area contributed by atoms with Crippen molar-refractivity contribution in [3.05, 3.63) is 47.5 Å². The van der Waals surface area contributed by atoms with Crippen LogP contribution in [0.4, 0.5) is 5.69 Å². The molecule has 1 amide bonds. The number of aldehydes is 1. The molecular weight excluding hydrogens is 334 g/mol. The van der Waals surface area contributed by atoms with E-state index in [1.165, 1.54) is 18.2 Å². The van der Waals surface area contributed by atoms with E-state index in [9.17, 15) is 19.8 Å². The second-order valence-electron chi connectivity index (χ2n) is 6.65. The van der Waals surface area contributed by atoms with Crippen LogP contribution in [0.1, 0.15) is 43.1 Å². The summed E-state index contributed by atoms with van der Waals surface area (Å²) in [5.74, 6) is 0.370. The zero-order chi connectivity index (χ0) is 19.3. The largest absolute Gasteiger partial charge is 0.508 e. The summed E-state index contributed by atoms with van der Waals surface area (Å²) in [6.45, 7) is 5.64. The topological polar surface area (TPSA) is 95.9 Å². The highest BCUT2D eigenvalue weighted by atomic mass is 16.5. The van der Waals surface area contributed by atoms with Crippen LogP contribution in [0.3, 0.4) is 0 Å². The van der Waals surface area contributed by atoms with E-state index in [1.807, 2.05) is 13.8 Å². The van der Waals surface area contributed by atoms with Crippen molar-refractivity contribution in [2.24, 2.45) is 0 Å². The van der Waals surface area contributed by atoms with Gasteiger partial charge in [-0.05, 0) is 36.4 Å². The molecule has 2 rings (SSSR count). The van der Waals surface area contributed by atoms with Gasteiger partial charge in [0.15, 0.2) is 0 Å². The monoisotopic (exact) mass is 357 g/mol. The first-order chi connectivity index (χ1) is 12.3. The quantitative estimate of drug-likeness (QED) is 0.520. The average molecular weight is 357 g/mol. The summed E-state index contributed by atoms with van der Waals surface area (Å²) in [6, 6.07) is 9.34. The Hall–Kier alpha value is -3.02. The van der Waals surface area contributed by atoms with E-state index in [2.05, 4.69) is 5.32 Å². The molecule has 26 heavy (non-hydrogen) atoms. The molecule has 2 aromatic rings. The third-order valence-corrected chi connectivity index (χ3v) is 4.03. The number of hydrogen-bond donors (Lipinski definition) is 3. The molecule has 0 aromatic heterocycles. The van der Waals surface area contributed by atoms with E-state index in [0.717, 1.165) is 0 Å². The Labute approximate surface area is 152 Å². The Morgan fingerprint density at radius 3 is 2.42 bits per heavy atom. The minimum atomic E-state index is -0.646. The van der Waals surface area contributed by atoms with Crippen molar-refractivity contribution in [2.75, 3.05) is 11.9 Å². The average Bonchev–Trinajstić information content (AvgIpc) is 2.62. The summed E-state index contributed by atoms with van der Waals surface area (Å²) in [6.07, 6.45) is 0.925. The highest BCUT2D eigenvalue weighted by molar-refractivity contribution is 5.94. The summed E-state index contributed by atoms with van der Waals surface area (Å²) in [4.78, 5) is 22.9. The second-order valence-corrected chi connectivity index (χ2v) is 6.65. The van der Waals surface area contributed by atoms with Crippen molar-refractivity contribution < 1.29 is 24.5 Å². The molecule has 0 fully saturated rings. The minimum Gasteiger partial charge on any atom is -0.508 e. The molecule has 0 saturated heterocycles. The van der Waals surface area contributed by atoms with Gasteiger partial charge in [-0.15, -0.1) is 0 Å². The number of aromatic hydroxyl groups is 2. The fourth-order valence-electron chi connectivity index (χ4n) is 2.46. The smallest absolute Gasteiger partial charge is 0.224 e. The first kappa shape index (κ1) is 19.3. The molecule has 0 radical (unpaired) electrons. The van der Waals surface area contributed by atoms with Gasteiger partial charge in [0.1, 0.15) is 23.5 Å². The number of phenols is 2. The molecule has 0 saturated carbocycles. The van der Waals surface area contributed by atoms with Gasteiger partial charge in [-0.1, -0.05) is 20.8 Å². The molecule has 0 atom stereocenters. The van der Waals surface area contributed by atoms with Crippen molar-refractivity contribution >= 4 is 17.9 Å². The Kier molecular flexibility index (Phi) is 5.87. The number of benzene rings is 2. The van der Waals surface area contributed by atoms with Crippen LogP contribution in [0, 0.1) is 0 Å². The Bertz CT molecular complexity index is 797. The zero-order valence-corrected chi connectivity index (χ0v) is 15.1. The van der Waals surface area contributed by atoms with Crippen molar-refractivity contribution in [2.45, 2.75) is 32.6 Å². The van der Waals surface area contributed by atoms with E-state index in [-0.39, 0.29) is 36.1 Å². The van der Waals surface area contributed by atoms with E-state index in [4.69, 9.17) is 4.74 Å². The van der Waals surface area contributed by atoms with Crippen LogP contribution in [-0.2, 0) is 10.2 Å². The first-order valence-electron chi connectivity index (χ1n) is 8.31. The molecule has 3 N–H and O–H groups in total. The van der Waals surface area contributed by atoms with Crippen LogP contribution in [-0.4, -0.2) is 29.0 Å². The molecule has 6 nitrogen and oxygen atoms in total. The molecule has 0 aliphatic heterocycles. The van der Waals surface area contributed by atoms with Crippen LogP contribution < -0.4 is 10.1 Å². The third-order valence-electron chi connectivity index (χ3n) is 4.03. The molecule has 6 heteroatoms. The number of carbonyl (C=O) groups excluding carboxylic acids is 2. The van der Waals surface area contributed by atoms with Gasteiger partial charge >= 0.3 is 0 Å². The van der Waals surface area contributed by atoms with Crippen molar-refractivity contribution in [1.82, 2.24) is 0 Å². The summed E-state index contributed by atoms with van der Waals surface area (Å²) in [5, 5.41) is 22.5. The summed E-state index contributed by atoms with van der Waals surface area (Å²) in [5.41, 5.74) is 0.399. The van der Waals surface area contributed by atoms with Crippen molar-refractivity contribution in [3.8, 4) is 17.2 Å². The molecule has 138 valence electrons. The van der Waals surface area contributed by atoms with Gasteiger partial charge in [0.05, 0.1) is 12.3 Å². The zero-order valence-electron chi connectivity index (χ0n) is 15.1. The van der Waals surface area contributed by atoms with Crippen molar-refractivity contribution in [3.63, 3.8) is 0 Å². The molecule has 0 unspecified atom stereocenters. The van der Waals surface area contributed by atoms with E-state index in [0.29, 0.717) is 23.2 Å². The Morgan fingerprint density at radius 2 is 1.85 bits per heavy atom. The number of amides is 1. The van der Waals surface area contributed by atoms with Crippen LogP contribution in [0.2, 0.25) is 0 Å². The molecule has 2 aromatic carbocycles. The molecule has 0 spiro atoms. The lowest BCUT2D eigenvalue weighted by atomic mass is 9.83. The lowest BCUT2D eigenvalue weighted by Gasteiger charge is -2.27. The maximum absolute atomic E-state index is 11.7. The van der Waals surface area contributed by atoms with Gasteiger partial charge in [0.25, 0.3) is 0 Å². The number of hydrogen-bond acceptors (Lipinski definition) is 5. The molecular formula is C20H23NO5. The number of phenolic OH excluding ortho intramolecular Hbond substituents is 2. The maximum Gasteiger partial charge on any atom is 0.224 e. The lowest BCUT2D eigenvalue weighted by Crippen LogP contribution is -2.27. The van der Waals surface area contributed by atoms with Gasteiger partial charge in [0, 0.05) is 23.0 Å². The Morgan fingerprint density at radius 1 is 1.19 bits per heavy atom.